The van der Waals surface area contributed by atoms with Gasteiger partial charge in [0.05, 0.1) is 16.8 Å². The number of nitrogens with zero attached hydrogens (tertiary/aromatic N) is 4. The van der Waals surface area contributed by atoms with Crippen LogP contribution in [0.4, 0.5) is 11.5 Å². The Kier molecular flexibility index (Phi) is 2.46. The molecule has 7 heteroatoms. The highest BCUT2D eigenvalue weighted by Crippen LogP contribution is 2.20. The zero-order valence-corrected chi connectivity index (χ0v) is 8.57. The monoisotopic (exact) mass is 229 g/mol. The van der Waals surface area contributed by atoms with Crippen LogP contribution in [0.1, 0.15) is 5.56 Å². The summed E-state index contributed by atoms with van der Waals surface area (Å²) in [7, 11) is 0. The molecule has 7 nitrogen and oxygen atoms in total. The van der Waals surface area contributed by atoms with Gasteiger partial charge in [0.1, 0.15) is 17.5 Å². The zero-order chi connectivity index (χ0) is 12.4. The molecule has 1 aromatic carbocycles. The number of nitro groups is 1. The van der Waals surface area contributed by atoms with Crippen LogP contribution >= 0.6 is 0 Å². The highest BCUT2D eigenvalue weighted by Gasteiger charge is 2.11. The number of benzene rings is 1. The maximum Gasteiger partial charge on any atom is 0.271 e. The molecule has 0 bridgehead atoms. The Morgan fingerprint density at radius 2 is 2.29 bits per heavy atom. The molecule has 1 heterocycles. The van der Waals surface area contributed by atoms with Gasteiger partial charge in [-0.3, -0.25) is 10.1 Å². The van der Waals surface area contributed by atoms with Gasteiger partial charge in [0.15, 0.2) is 0 Å². The van der Waals surface area contributed by atoms with Crippen LogP contribution in [0.3, 0.4) is 0 Å². The van der Waals surface area contributed by atoms with E-state index in [1.807, 2.05) is 6.07 Å². The Morgan fingerprint density at radius 1 is 1.53 bits per heavy atom. The number of anilines is 1. The SMILES string of the molecule is N#Cc1cnn(-c2cccc([N+](=O)[O-])c2)c1N. The molecule has 2 rings (SSSR count). The molecule has 0 spiro atoms. The molecular formula is C10H7N5O2. The predicted octanol–water partition coefficient (Wildman–Crippen LogP) is 1.23. The van der Waals surface area contributed by atoms with Crippen LogP contribution in [-0.4, -0.2) is 14.7 Å². The van der Waals surface area contributed by atoms with Crippen LogP contribution in [0.25, 0.3) is 5.69 Å². The molecule has 0 saturated carbocycles. The summed E-state index contributed by atoms with van der Waals surface area (Å²) in [6, 6.07) is 7.74. The summed E-state index contributed by atoms with van der Waals surface area (Å²) in [5.74, 6) is 0.160. The number of rotatable bonds is 2. The lowest BCUT2D eigenvalue weighted by Crippen LogP contribution is -2.03. The number of nitrogens with two attached hydrogens (primary N) is 1. The van der Waals surface area contributed by atoms with Gasteiger partial charge in [-0.2, -0.15) is 10.4 Å². The van der Waals surface area contributed by atoms with Gasteiger partial charge in [0.25, 0.3) is 5.69 Å². The second-order valence-corrected chi connectivity index (χ2v) is 3.24. The minimum Gasteiger partial charge on any atom is -0.382 e. The summed E-state index contributed by atoms with van der Waals surface area (Å²) >= 11 is 0. The van der Waals surface area contributed by atoms with Gasteiger partial charge in [-0.05, 0) is 6.07 Å². The largest absolute Gasteiger partial charge is 0.382 e. The molecule has 84 valence electrons. The third kappa shape index (κ3) is 1.79. The van der Waals surface area contributed by atoms with Gasteiger partial charge >= 0.3 is 0 Å². The van der Waals surface area contributed by atoms with Crippen molar-refractivity contribution in [3.05, 3.63) is 46.1 Å². The Bertz CT molecular complexity index is 626. The van der Waals surface area contributed by atoms with Crippen molar-refractivity contribution in [2.24, 2.45) is 0 Å². The lowest BCUT2D eigenvalue weighted by atomic mass is 10.3. The number of nitrogen functional groups attached to an aromatic ring is 1. The first-order valence-corrected chi connectivity index (χ1v) is 4.62. The number of hydrogen-bond acceptors (Lipinski definition) is 5. The van der Waals surface area contributed by atoms with Gasteiger partial charge < -0.3 is 5.73 Å². The van der Waals surface area contributed by atoms with E-state index < -0.39 is 4.92 Å². The average molecular weight is 229 g/mol. The molecule has 0 amide bonds. The fraction of sp³-hybridized carbons (Fsp3) is 0. The van der Waals surface area contributed by atoms with Gasteiger partial charge in [0, 0.05) is 12.1 Å². The number of hydrogen-bond donors (Lipinski definition) is 1. The molecule has 0 fully saturated rings. The van der Waals surface area contributed by atoms with Gasteiger partial charge in [-0.15, -0.1) is 0 Å². The van der Waals surface area contributed by atoms with Crippen molar-refractivity contribution in [3.8, 4) is 11.8 Å². The summed E-state index contributed by atoms with van der Waals surface area (Å²) in [6.07, 6.45) is 1.31. The molecule has 0 saturated heterocycles. The van der Waals surface area contributed by atoms with E-state index in [4.69, 9.17) is 11.0 Å². The van der Waals surface area contributed by atoms with Crippen molar-refractivity contribution in [3.63, 3.8) is 0 Å². The highest BCUT2D eigenvalue weighted by molar-refractivity contribution is 5.54. The van der Waals surface area contributed by atoms with Crippen LogP contribution < -0.4 is 5.73 Å². The first-order valence-electron chi connectivity index (χ1n) is 4.62. The fourth-order valence-electron chi connectivity index (χ4n) is 1.39. The molecule has 0 atom stereocenters. The first-order chi connectivity index (χ1) is 8.13. The van der Waals surface area contributed by atoms with Crippen molar-refractivity contribution >= 4 is 11.5 Å². The molecule has 0 aliphatic rings. The molecular weight excluding hydrogens is 222 g/mol. The first kappa shape index (κ1) is 10.6. The third-order valence-corrected chi connectivity index (χ3v) is 2.21. The standard InChI is InChI=1S/C10H7N5O2/c11-5-7-6-13-14(10(7)12)8-2-1-3-9(4-8)15(16)17/h1-4,6H,12H2. The fourth-order valence-corrected chi connectivity index (χ4v) is 1.39. The summed E-state index contributed by atoms with van der Waals surface area (Å²) in [5.41, 5.74) is 6.30. The van der Waals surface area contributed by atoms with Crippen LogP contribution in [0.15, 0.2) is 30.5 Å². The molecule has 0 unspecified atom stereocenters. The zero-order valence-electron chi connectivity index (χ0n) is 8.57. The summed E-state index contributed by atoms with van der Waals surface area (Å²) in [5, 5.41) is 23.3. The van der Waals surface area contributed by atoms with Crippen molar-refractivity contribution in [1.82, 2.24) is 9.78 Å². The Balaban J connectivity index is 2.54. The smallest absolute Gasteiger partial charge is 0.271 e. The van der Waals surface area contributed by atoms with Crippen LogP contribution in [0.2, 0.25) is 0 Å². The van der Waals surface area contributed by atoms with E-state index in [0.29, 0.717) is 5.69 Å². The summed E-state index contributed by atoms with van der Waals surface area (Å²) < 4.78 is 1.28. The minimum absolute atomic E-state index is 0.0593. The third-order valence-electron chi connectivity index (χ3n) is 2.21. The average Bonchev–Trinajstić information content (AvgIpc) is 2.70. The quantitative estimate of drug-likeness (QED) is 0.615. The highest BCUT2D eigenvalue weighted by atomic mass is 16.6. The number of nitriles is 1. The van der Waals surface area contributed by atoms with E-state index in [0.717, 1.165) is 0 Å². The summed E-state index contributed by atoms with van der Waals surface area (Å²) in [6.45, 7) is 0. The van der Waals surface area contributed by atoms with Crippen molar-refractivity contribution in [2.45, 2.75) is 0 Å². The summed E-state index contributed by atoms with van der Waals surface area (Å²) in [4.78, 5) is 10.1. The lowest BCUT2D eigenvalue weighted by molar-refractivity contribution is -0.384. The van der Waals surface area contributed by atoms with Crippen LogP contribution in [0.5, 0.6) is 0 Å². The molecule has 2 N–H and O–H groups in total. The van der Waals surface area contributed by atoms with Crippen molar-refractivity contribution in [2.75, 3.05) is 5.73 Å². The van der Waals surface area contributed by atoms with E-state index in [9.17, 15) is 10.1 Å². The number of aromatic nitrogens is 2. The van der Waals surface area contributed by atoms with Crippen molar-refractivity contribution < 1.29 is 4.92 Å². The molecule has 0 aliphatic carbocycles. The molecule has 17 heavy (non-hydrogen) atoms. The maximum absolute atomic E-state index is 10.6. The molecule has 1 aromatic heterocycles. The Morgan fingerprint density at radius 3 is 2.88 bits per heavy atom. The lowest BCUT2D eigenvalue weighted by Gasteiger charge is -2.03. The Hall–Kier alpha value is -2.88. The molecule has 2 aromatic rings. The normalized spacial score (nSPS) is 9.82. The Labute approximate surface area is 95.8 Å². The number of nitro benzene ring substituents is 1. The predicted molar refractivity (Wildman–Crippen MR) is 59.3 cm³/mol. The van der Waals surface area contributed by atoms with Gasteiger partial charge in [0.2, 0.25) is 0 Å². The molecule has 0 aliphatic heterocycles. The topological polar surface area (TPSA) is 111 Å². The van der Waals surface area contributed by atoms with Crippen LogP contribution in [0, 0.1) is 21.4 Å². The van der Waals surface area contributed by atoms with E-state index in [-0.39, 0.29) is 17.1 Å². The van der Waals surface area contributed by atoms with Crippen molar-refractivity contribution in [1.29, 1.82) is 5.26 Å². The maximum atomic E-state index is 10.6. The van der Waals surface area contributed by atoms with E-state index in [1.165, 1.54) is 29.1 Å². The molecule has 0 radical (unpaired) electrons. The van der Waals surface area contributed by atoms with E-state index in [2.05, 4.69) is 5.10 Å². The van der Waals surface area contributed by atoms with E-state index in [1.54, 1.807) is 6.07 Å². The van der Waals surface area contributed by atoms with Gasteiger partial charge in [-0.25, -0.2) is 4.68 Å². The van der Waals surface area contributed by atoms with Gasteiger partial charge in [-0.1, -0.05) is 6.07 Å². The second kappa shape index (κ2) is 3.94. The second-order valence-electron chi connectivity index (χ2n) is 3.24. The van der Waals surface area contributed by atoms with Crippen LogP contribution in [-0.2, 0) is 0 Å². The minimum atomic E-state index is -0.506. The number of non-ortho nitro benzene ring substituents is 1. The van der Waals surface area contributed by atoms with E-state index >= 15 is 0 Å².